The number of carbonyl (C=O) groups is 1. The first-order chi connectivity index (χ1) is 14.7. The standard InChI is InChI=1S/C22H35N7O/c23-29-12-7-19(8-13-29)27-10-3-11-28(15-14-27)21-6-1-5-20(26-21)22(30)25-17-18-4-2-9-24-16-18/h1-2,4-6,16,19,21,24,26H,3,7-15,17,23H2,(H,25,30). The lowest BCUT2D eigenvalue weighted by atomic mass is 10.0. The summed E-state index contributed by atoms with van der Waals surface area (Å²) in [6.07, 6.45) is 15.6. The van der Waals surface area contributed by atoms with Crippen molar-refractivity contribution in [2.24, 2.45) is 5.84 Å². The second kappa shape index (κ2) is 10.3. The van der Waals surface area contributed by atoms with E-state index in [2.05, 4.69) is 37.9 Å². The summed E-state index contributed by atoms with van der Waals surface area (Å²) in [6.45, 7) is 7.59. The summed E-state index contributed by atoms with van der Waals surface area (Å²) in [6, 6.07) is 0.651. The molecular formula is C22H35N7O. The lowest BCUT2D eigenvalue weighted by Gasteiger charge is -2.37. The Hall–Kier alpha value is -2.13. The Morgan fingerprint density at radius 2 is 1.93 bits per heavy atom. The van der Waals surface area contributed by atoms with Crippen LogP contribution in [0.4, 0.5) is 0 Å². The number of amides is 1. The molecule has 0 aromatic carbocycles. The Balaban J connectivity index is 1.26. The van der Waals surface area contributed by atoms with Crippen molar-refractivity contribution in [3.05, 3.63) is 47.9 Å². The maximum Gasteiger partial charge on any atom is 0.267 e. The van der Waals surface area contributed by atoms with Crippen LogP contribution in [-0.4, -0.2) is 85.3 Å². The summed E-state index contributed by atoms with van der Waals surface area (Å²) in [5, 5.41) is 11.5. The van der Waals surface area contributed by atoms with Gasteiger partial charge in [0.25, 0.3) is 5.91 Å². The SMILES string of the molecule is NN1CCC(N2CCCN(C3C=CC=C(C(=O)NCC4=CNCC=C4)N3)CC2)CC1. The van der Waals surface area contributed by atoms with Crippen LogP contribution in [-0.2, 0) is 4.79 Å². The van der Waals surface area contributed by atoms with Crippen molar-refractivity contribution in [1.82, 2.24) is 30.8 Å². The Labute approximate surface area is 179 Å². The lowest BCUT2D eigenvalue weighted by Crippen LogP contribution is -2.50. The highest BCUT2D eigenvalue weighted by molar-refractivity contribution is 5.93. The smallest absolute Gasteiger partial charge is 0.267 e. The van der Waals surface area contributed by atoms with Crippen molar-refractivity contribution < 1.29 is 4.79 Å². The van der Waals surface area contributed by atoms with Crippen LogP contribution in [0, 0.1) is 0 Å². The van der Waals surface area contributed by atoms with E-state index in [1.54, 1.807) is 0 Å². The third-order valence-corrected chi connectivity index (χ3v) is 6.39. The summed E-state index contributed by atoms with van der Waals surface area (Å²) in [5.74, 6) is 5.86. The molecule has 1 atom stereocenters. The normalized spacial score (nSPS) is 26.9. The number of dihydropyridines is 2. The minimum Gasteiger partial charge on any atom is -0.387 e. The molecule has 4 aliphatic rings. The van der Waals surface area contributed by atoms with Gasteiger partial charge in [-0.2, -0.15) is 0 Å². The zero-order valence-electron chi connectivity index (χ0n) is 17.7. The summed E-state index contributed by atoms with van der Waals surface area (Å²) in [7, 11) is 0. The van der Waals surface area contributed by atoms with Crippen molar-refractivity contribution in [2.45, 2.75) is 31.5 Å². The van der Waals surface area contributed by atoms with Crippen LogP contribution in [0.5, 0.6) is 0 Å². The fraction of sp³-hybridized carbons (Fsp3) is 0.591. The van der Waals surface area contributed by atoms with Gasteiger partial charge in [0, 0.05) is 58.1 Å². The van der Waals surface area contributed by atoms with E-state index in [1.807, 2.05) is 29.4 Å². The summed E-state index contributed by atoms with van der Waals surface area (Å²) >= 11 is 0. The number of hydrogen-bond donors (Lipinski definition) is 4. The van der Waals surface area contributed by atoms with Crippen molar-refractivity contribution in [2.75, 3.05) is 52.4 Å². The summed E-state index contributed by atoms with van der Waals surface area (Å²) in [5.41, 5.74) is 1.71. The molecule has 1 unspecified atom stereocenters. The second-order valence-corrected chi connectivity index (χ2v) is 8.46. The molecule has 0 bridgehead atoms. The highest BCUT2D eigenvalue weighted by Gasteiger charge is 2.28. The number of nitrogens with two attached hydrogens (primary N) is 1. The van der Waals surface area contributed by atoms with Crippen LogP contribution in [0.2, 0.25) is 0 Å². The molecule has 2 fully saturated rings. The van der Waals surface area contributed by atoms with Crippen molar-refractivity contribution in [3.8, 4) is 0 Å². The number of hydrogen-bond acceptors (Lipinski definition) is 7. The highest BCUT2D eigenvalue weighted by atomic mass is 16.2. The molecule has 164 valence electrons. The molecule has 0 radical (unpaired) electrons. The predicted molar refractivity (Wildman–Crippen MR) is 119 cm³/mol. The van der Waals surface area contributed by atoms with Gasteiger partial charge in [0.05, 0.1) is 6.17 Å². The van der Waals surface area contributed by atoms with Gasteiger partial charge in [-0.3, -0.25) is 20.4 Å². The number of rotatable bonds is 5. The molecule has 4 aliphatic heterocycles. The molecule has 2 saturated heterocycles. The van der Waals surface area contributed by atoms with Crippen molar-refractivity contribution in [3.63, 3.8) is 0 Å². The van der Waals surface area contributed by atoms with Crippen molar-refractivity contribution in [1.29, 1.82) is 0 Å². The molecule has 1 amide bonds. The topological polar surface area (TPSA) is 88.9 Å². The highest BCUT2D eigenvalue weighted by Crippen LogP contribution is 2.18. The number of nitrogens with one attached hydrogen (secondary N) is 3. The van der Waals surface area contributed by atoms with Gasteiger partial charge < -0.3 is 16.0 Å². The molecule has 4 rings (SSSR count). The lowest BCUT2D eigenvalue weighted by molar-refractivity contribution is -0.117. The van der Waals surface area contributed by atoms with E-state index in [-0.39, 0.29) is 12.1 Å². The van der Waals surface area contributed by atoms with Gasteiger partial charge >= 0.3 is 0 Å². The molecule has 30 heavy (non-hydrogen) atoms. The zero-order valence-corrected chi connectivity index (χ0v) is 17.7. The number of hydrazine groups is 1. The van der Waals surface area contributed by atoms with E-state index in [1.165, 1.54) is 0 Å². The quantitative estimate of drug-likeness (QED) is 0.467. The Bertz CT molecular complexity index is 721. The first-order valence-electron chi connectivity index (χ1n) is 11.2. The van der Waals surface area contributed by atoms with Gasteiger partial charge in [-0.1, -0.05) is 18.2 Å². The van der Waals surface area contributed by atoms with Crippen LogP contribution >= 0.6 is 0 Å². The average Bonchev–Trinajstić information content (AvgIpc) is 3.05. The van der Waals surface area contributed by atoms with Gasteiger partial charge in [0.15, 0.2) is 0 Å². The molecule has 0 aromatic rings. The molecule has 0 saturated carbocycles. The second-order valence-electron chi connectivity index (χ2n) is 8.46. The molecule has 4 heterocycles. The van der Waals surface area contributed by atoms with Gasteiger partial charge in [0.1, 0.15) is 5.70 Å². The Kier molecular flexibility index (Phi) is 7.22. The number of piperidine rings is 1. The van der Waals surface area contributed by atoms with Crippen LogP contribution in [0.25, 0.3) is 0 Å². The van der Waals surface area contributed by atoms with E-state index in [0.29, 0.717) is 18.3 Å². The number of nitrogens with zero attached hydrogens (tertiary/aromatic N) is 3. The van der Waals surface area contributed by atoms with E-state index in [0.717, 1.165) is 70.6 Å². The number of carbonyl (C=O) groups excluding carboxylic acids is 1. The largest absolute Gasteiger partial charge is 0.387 e. The van der Waals surface area contributed by atoms with Gasteiger partial charge in [0.2, 0.25) is 0 Å². The Morgan fingerprint density at radius 3 is 2.73 bits per heavy atom. The molecule has 8 nitrogen and oxygen atoms in total. The molecule has 0 aromatic heterocycles. The van der Waals surface area contributed by atoms with Gasteiger partial charge in [-0.25, -0.2) is 5.01 Å². The van der Waals surface area contributed by atoms with Crippen LogP contribution in [0.15, 0.2) is 47.9 Å². The maximum atomic E-state index is 12.6. The molecule has 0 spiro atoms. The van der Waals surface area contributed by atoms with Gasteiger partial charge in [-0.15, -0.1) is 0 Å². The maximum absolute atomic E-state index is 12.6. The predicted octanol–water partition coefficient (Wildman–Crippen LogP) is -0.139. The van der Waals surface area contributed by atoms with Crippen LogP contribution in [0.3, 0.4) is 0 Å². The summed E-state index contributed by atoms with van der Waals surface area (Å²) < 4.78 is 0. The fourth-order valence-corrected chi connectivity index (χ4v) is 4.62. The molecule has 5 N–H and O–H groups in total. The van der Waals surface area contributed by atoms with E-state index < -0.39 is 0 Å². The molecule has 8 heteroatoms. The molecule has 0 aliphatic carbocycles. The number of allylic oxidation sites excluding steroid dienone is 2. The minimum atomic E-state index is -0.0609. The van der Waals surface area contributed by atoms with Crippen molar-refractivity contribution >= 4 is 5.91 Å². The van der Waals surface area contributed by atoms with E-state index >= 15 is 0 Å². The van der Waals surface area contributed by atoms with Crippen LogP contribution < -0.4 is 21.8 Å². The zero-order chi connectivity index (χ0) is 20.8. The van der Waals surface area contributed by atoms with Gasteiger partial charge in [-0.05, 0) is 43.5 Å². The third kappa shape index (κ3) is 5.51. The Morgan fingerprint density at radius 1 is 1.13 bits per heavy atom. The average molecular weight is 414 g/mol. The first-order valence-corrected chi connectivity index (χ1v) is 11.2. The summed E-state index contributed by atoms with van der Waals surface area (Å²) in [4.78, 5) is 17.7. The fourth-order valence-electron chi connectivity index (χ4n) is 4.62. The first kappa shape index (κ1) is 21.1. The molecular weight excluding hydrogens is 378 g/mol. The van der Waals surface area contributed by atoms with E-state index in [9.17, 15) is 4.79 Å². The van der Waals surface area contributed by atoms with Crippen LogP contribution in [0.1, 0.15) is 19.3 Å². The third-order valence-electron chi connectivity index (χ3n) is 6.39. The van der Waals surface area contributed by atoms with E-state index in [4.69, 9.17) is 5.84 Å². The minimum absolute atomic E-state index is 0.0609. The monoisotopic (exact) mass is 413 g/mol.